The van der Waals surface area contributed by atoms with Gasteiger partial charge in [-0.1, -0.05) is 0 Å². The highest BCUT2D eigenvalue weighted by molar-refractivity contribution is 14.0. The second-order valence-electron chi connectivity index (χ2n) is 3.69. The van der Waals surface area contributed by atoms with Crippen LogP contribution in [0.15, 0.2) is 29.5 Å². The summed E-state index contributed by atoms with van der Waals surface area (Å²) in [6, 6.07) is 4.07. The van der Waals surface area contributed by atoms with Gasteiger partial charge in [0.2, 0.25) is 0 Å². The lowest BCUT2D eigenvalue weighted by Gasteiger charge is -2.11. The zero-order chi connectivity index (χ0) is 12.3. The van der Waals surface area contributed by atoms with Crippen molar-refractivity contribution in [2.45, 2.75) is 13.0 Å². The fourth-order valence-electron chi connectivity index (χ4n) is 1.47. The van der Waals surface area contributed by atoms with Crippen LogP contribution in [0.3, 0.4) is 0 Å². The summed E-state index contributed by atoms with van der Waals surface area (Å²) in [5.74, 6) is 2.08. The van der Waals surface area contributed by atoms with E-state index in [1.807, 2.05) is 23.9 Å². The highest BCUT2D eigenvalue weighted by atomic mass is 127. The summed E-state index contributed by atoms with van der Waals surface area (Å²) in [4.78, 5) is 4.18. The molecule has 0 unspecified atom stereocenters. The Morgan fingerprint density at radius 2 is 1.89 bits per heavy atom. The van der Waals surface area contributed by atoms with Crippen LogP contribution in [0, 0.1) is 0 Å². The summed E-state index contributed by atoms with van der Waals surface area (Å²) < 4.78 is 2.15. The van der Waals surface area contributed by atoms with Crippen LogP contribution in [0.1, 0.15) is 6.42 Å². The molecule has 0 fully saturated rings. The van der Waals surface area contributed by atoms with Crippen LogP contribution < -0.4 is 10.6 Å². The average Bonchev–Trinajstić information content (AvgIpc) is 2.85. The quantitative estimate of drug-likeness (QED) is 0.328. The van der Waals surface area contributed by atoms with Crippen molar-refractivity contribution in [1.29, 1.82) is 0 Å². The van der Waals surface area contributed by atoms with Crippen molar-refractivity contribution >= 4 is 41.7 Å². The van der Waals surface area contributed by atoms with Gasteiger partial charge in [0, 0.05) is 39.1 Å². The van der Waals surface area contributed by atoms with Gasteiger partial charge in [-0.15, -0.1) is 24.0 Å². The summed E-state index contributed by atoms with van der Waals surface area (Å²) in [6.07, 6.45) is 7.43. The molecule has 0 aliphatic rings. The fourth-order valence-corrected chi connectivity index (χ4v) is 1.90. The molecule has 0 radical (unpaired) electrons. The van der Waals surface area contributed by atoms with Crippen LogP contribution in [-0.2, 0) is 6.54 Å². The molecule has 1 aromatic rings. The monoisotopic (exact) mass is 382 g/mol. The highest BCUT2D eigenvalue weighted by Gasteiger charge is 1.96. The molecule has 1 aromatic heterocycles. The molecule has 0 aliphatic carbocycles. The minimum Gasteiger partial charge on any atom is -0.356 e. The number of rotatable bonds is 7. The lowest BCUT2D eigenvalue weighted by atomic mass is 10.5. The van der Waals surface area contributed by atoms with E-state index < -0.39 is 0 Å². The van der Waals surface area contributed by atoms with E-state index in [0.717, 1.165) is 25.6 Å². The van der Waals surface area contributed by atoms with E-state index in [0.29, 0.717) is 0 Å². The van der Waals surface area contributed by atoms with Crippen molar-refractivity contribution in [1.82, 2.24) is 15.2 Å². The number of hydrogen-bond donors (Lipinski definition) is 2. The summed E-state index contributed by atoms with van der Waals surface area (Å²) in [7, 11) is 1.81. The van der Waals surface area contributed by atoms with Crippen molar-refractivity contribution in [2.24, 2.45) is 4.99 Å². The van der Waals surface area contributed by atoms with Gasteiger partial charge in [0.25, 0.3) is 0 Å². The predicted molar refractivity (Wildman–Crippen MR) is 92.2 cm³/mol. The van der Waals surface area contributed by atoms with Crippen LogP contribution in [0.2, 0.25) is 0 Å². The molecule has 4 nitrogen and oxygen atoms in total. The smallest absolute Gasteiger partial charge is 0.191 e. The number of aliphatic imine (C=N–C) groups is 1. The van der Waals surface area contributed by atoms with Crippen molar-refractivity contribution in [2.75, 3.05) is 32.1 Å². The first-order chi connectivity index (χ1) is 8.36. The molecule has 1 heterocycles. The van der Waals surface area contributed by atoms with Crippen LogP contribution in [0.25, 0.3) is 0 Å². The van der Waals surface area contributed by atoms with Gasteiger partial charge >= 0.3 is 0 Å². The standard InChI is InChI=1S/C12H22N4S.HI/c1-13-12(14-6-5-11-17-2)15-7-10-16-8-3-4-9-16;/h3-4,8-9H,5-7,10-11H2,1-2H3,(H2,13,14,15);1H. The first-order valence-electron chi connectivity index (χ1n) is 5.91. The summed E-state index contributed by atoms with van der Waals surface area (Å²) in [5, 5.41) is 6.60. The molecule has 0 saturated carbocycles. The number of halogens is 1. The van der Waals surface area contributed by atoms with E-state index in [4.69, 9.17) is 0 Å². The summed E-state index contributed by atoms with van der Waals surface area (Å²) >= 11 is 1.87. The normalized spacial score (nSPS) is 10.9. The maximum Gasteiger partial charge on any atom is 0.191 e. The van der Waals surface area contributed by atoms with E-state index in [2.05, 4.69) is 38.8 Å². The second-order valence-corrected chi connectivity index (χ2v) is 4.68. The van der Waals surface area contributed by atoms with E-state index in [1.54, 1.807) is 7.05 Å². The summed E-state index contributed by atoms with van der Waals surface area (Å²) in [6.45, 7) is 2.82. The molecule has 1 rings (SSSR count). The molecule has 0 atom stereocenters. The number of aromatic nitrogens is 1. The third-order valence-corrected chi connectivity index (χ3v) is 3.07. The van der Waals surface area contributed by atoms with Crippen LogP contribution >= 0.6 is 35.7 Å². The van der Waals surface area contributed by atoms with Gasteiger partial charge in [-0.25, -0.2) is 0 Å². The Labute approximate surface area is 131 Å². The van der Waals surface area contributed by atoms with Crippen LogP contribution in [0.5, 0.6) is 0 Å². The highest BCUT2D eigenvalue weighted by Crippen LogP contribution is 1.93. The number of nitrogens with one attached hydrogen (secondary N) is 2. The zero-order valence-electron chi connectivity index (χ0n) is 11.1. The number of guanidine groups is 1. The molecular weight excluding hydrogens is 359 g/mol. The van der Waals surface area contributed by atoms with Gasteiger partial charge in [-0.3, -0.25) is 4.99 Å². The third-order valence-electron chi connectivity index (χ3n) is 2.37. The Balaban J connectivity index is 0.00000289. The Bertz CT molecular complexity index is 314. The Morgan fingerprint density at radius 1 is 1.22 bits per heavy atom. The molecule has 104 valence electrons. The largest absolute Gasteiger partial charge is 0.356 e. The van der Waals surface area contributed by atoms with Crippen molar-refractivity contribution in [3.8, 4) is 0 Å². The lowest BCUT2D eigenvalue weighted by Crippen LogP contribution is -2.39. The van der Waals surface area contributed by atoms with Crippen molar-refractivity contribution in [3.05, 3.63) is 24.5 Å². The number of hydrogen-bond acceptors (Lipinski definition) is 2. The van der Waals surface area contributed by atoms with Crippen molar-refractivity contribution in [3.63, 3.8) is 0 Å². The van der Waals surface area contributed by atoms with E-state index in [-0.39, 0.29) is 24.0 Å². The van der Waals surface area contributed by atoms with Gasteiger partial charge in [-0.05, 0) is 30.6 Å². The van der Waals surface area contributed by atoms with Gasteiger partial charge in [0.05, 0.1) is 0 Å². The molecule has 0 bridgehead atoms. The summed E-state index contributed by atoms with van der Waals surface area (Å²) in [5.41, 5.74) is 0. The topological polar surface area (TPSA) is 41.4 Å². The maximum atomic E-state index is 4.18. The van der Waals surface area contributed by atoms with Gasteiger partial charge < -0.3 is 15.2 Å². The third kappa shape index (κ3) is 7.86. The first kappa shape index (κ1) is 17.6. The maximum absolute atomic E-state index is 4.18. The molecule has 0 spiro atoms. The number of nitrogens with zero attached hydrogens (tertiary/aromatic N) is 2. The first-order valence-corrected chi connectivity index (χ1v) is 7.30. The Kier molecular flexibility index (Phi) is 11.5. The van der Waals surface area contributed by atoms with Crippen LogP contribution in [0.4, 0.5) is 0 Å². The average molecular weight is 382 g/mol. The molecule has 0 aliphatic heterocycles. The molecule has 18 heavy (non-hydrogen) atoms. The minimum atomic E-state index is 0. The van der Waals surface area contributed by atoms with Gasteiger partial charge in [-0.2, -0.15) is 11.8 Å². The zero-order valence-corrected chi connectivity index (χ0v) is 14.2. The van der Waals surface area contributed by atoms with Crippen LogP contribution in [-0.4, -0.2) is 42.7 Å². The van der Waals surface area contributed by atoms with Gasteiger partial charge in [0.15, 0.2) is 5.96 Å². The van der Waals surface area contributed by atoms with Gasteiger partial charge in [0.1, 0.15) is 0 Å². The van der Waals surface area contributed by atoms with E-state index >= 15 is 0 Å². The predicted octanol–water partition coefficient (Wildman–Crippen LogP) is 2.02. The lowest BCUT2D eigenvalue weighted by molar-refractivity contribution is 0.664. The molecule has 6 heteroatoms. The Morgan fingerprint density at radius 3 is 2.50 bits per heavy atom. The fraction of sp³-hybridized carbons (Fsp3) is 0.583. The molecule has 0 amide bonds. The second kappa shape index (κ2) is 11.7. The van der Waals surface area contributed by atoms with E-state index in [1.165, 1.54) is 12.2 Å². The minimum absolute atomic E-state index is 0. The molecule has 0 aromatic carbocycles. The molecular formula is C12H23IN4S. The Hall–Kier alpha value is -0.370. The van der Waals surface area contributed by atoms with E-state index in [9.17, 15) is 0 Å². The number of thioether (sulfide) groups is 1. The molecule has 2 N–H and O–H groups in total. The van der Waals surface area contributed by atoms with Crippen molar-refractivity contribution < 1.29 is 0 Å². The molecule has 0 saturated heterocycles. The SMILES string of the molecule is CN=C(NCCCSC)NCCn1cccc1.I.